The first-order valence-corrected chi connectivity index (χ1v) is 8.99. The minimum Gasteiger partial charge on any atom is -0.454 e. The number of rotatable bonds is 8. The fourth-order valence-corrected chi connectivity index (χ4v) is 3.40. The van der Waals surface area contributed by atoms with E-state index in [2.05, 4.69) is 34.3 Å². The van der Waals surface area contributed by atoms with E-state index >= 15 is 0 Å². The molecule has 1 aromatic rings. The van der Waals surface area contributed by atoms with E-state index in [1.807, 2.05) is 6.07 Å². The molecule has 6 nitrogen and oxygen atoms in total. The van der Waals surface area contributed by atoms with Crippen LogP contribution in [0.25, 0.3) is 0 Å². The van der Waals surface area contributed by atoms with Gasteiger partial charge in [0, 0.05) is 13.5 Å². The van der Waals surface area contributed by atoms with Crippen LogP contribution in [0.3, 0.4) is 0 Å². The lowest BCUT2D eigenvalue weighted by atomic mass is 9.90. The number of benzene rings is 1. The zero-order chi connectivity index (χ0) is 18.1. The van der Waals surface area contributed by atoms with Gasteiger partial charge in [-0.2, -0.15) is 0 Å². The maximum atomic E-state index is 11.1. The van der Waals surface area contributed by atoms with Gasteiger partial charge in [0.25, 0.3) is 0 Å². The topological polar surface area (TPSA) is 88.2 Å². The molecule has 1 aliphatic heterocycles. The lowest BCUT2D eigenvalue weighted by Gasteiger charge is -2.32. The van der Waals surface area contributed by atoms with Gasteiger partial charge in [-0.25, -0.2) is 0 Å². The van der Waals surface area contributed by atoms with Crippen molar-refractivity contribution in [3.05, 3.63) is 35.9 Å². The highest BCUT2D eigenvalue weighted by molar-refractivity contribution is 5.86. The molecule has 0 amide bonds. The molecule has 6 heteroatoms. The number of carbonyl (C=O) groups excluding carboxylic acids is 1. The van der Waals surface area contributed by atoms with Crippen LogP contribution in [0.1, 0.15) is 44.6 Å². The Labute approximate surface area is 149 Å². The number of hydrogen-bond donors (Lipinski definition) is 2. The molecule has 0 aromatic heterocycles. The minimum atomic E-state index is -0.624. The number of piperidine rings is 1. The summed E-state index contributed by atoms with van der Waals surface area (Å²) in [6.07, 6.45) is 4.33. The lowest BCUT2D eigenvalue weighted by Crippen LogP contribution is -2.34. The predicted molar refractivity (Wildman–Crippen MR) is 97.3 cm³/mol. The van der Waals surface area contributed by atoms with Crippen LogP contribution in [-0.2, 0) is 16.1 Å². The molecule has 0 saturated carbocycles. The van der Waals surface area contributed by atoms with E-state index in [-0.39, 0.29) is 5.84 Å². The number of oxime groups is 1. The van der Waals surface area contributed by atoms with Crippen LogP contribution in [0, 0.1) is 5.92 Å². The number of likely N-dealkylation sites (tertiary alicyclic amines) is 1. The van der Waals surface area contributed by atoms with Gasteiger partial charge in [0.05, 0.1) is 0 Å². The Morgan fingerprint density at radius 1 is 1.36 bits per heavy atom. The van der Waals surface area contributed by atoms with E-state index in [1.165, 1.54) is 25.3 Å². The van der Waals surface area contributed by atoms with Crippen LogP contribution in [0.4, 0.5) is 0 Å². The average Bonchev–Trinajstić information content (AvgIpc) is 2.62. The number of nitrogens with two attached hydrogens (primary N) is 1. The molecule has 138 valence electrons. The van der Waals surface area contributed by atoms with Crippen molar-refractivity contribution in [3.63, 3.8) is 0 Å². The smallest absolute Gasteiger partial charge is 0.303 e. The molecule has 1 atom stereocenters. The second-order valence-corrected chi connectivity index (χ2v) is 6.76. The summed E-state index contributed by atoms with van der Waals surface area (Å²) >= 11 is 0. The highest BCUT2D eigenvalue weighted by atomic mass is 16.5. The van der Waals surface area contributed by atoms with Crippen LogP contribution in [-0.4, -0.2) is 41.1 Å². The standard InChI is InChI=1S/C19H29N3O3/c1-15(23)25-18(19(20)21-24)9-5-8-16-10-12-22(13-11-16)14-17-6-3-2-4-7-17/h2-4,6-7,16,18,24H,5,8-14H2,1H3,(H2,20,21). The van der Waals surface area contributed by atoms with Crippen molar-refractivity contribution in [1.29, 1.82) is 0 Å². The molecular weight excluding hydrogens is 318 g/mol. The van der Waals surface area contributed by atoms with Crippen molar-refractivity contribution < 1.29 is 14.7 Å². The van der Waals surface area contributed by atoms with Crippen LogP contribution < -0.4 is 5.73 Å². The van der Waals surface area contributed by atoms with Gasteiger partial charge in [0.1, 0.15) is 0 Å². The third-order valence-electron chi connectivity index (χ3n) is 4.79. The first-order valence-electron chi connectivity index (χ1n) is 8.99. The second-order valence-electron chi connectivity index (χ2n) is 6.76. The van der Waals surface area contributed by atoms with Crippen LogP contribution in [0.15, 0.2) is 35.5 Å². The van der Waals surface area contributed by atoms with E-state index in [9.17, 15) is 4.79 Å². The van der Waals surface area contributed by atoms with Gasteiger partial charge in [-0.1, -0.05) is 41.9 Å². The Morgan fingerprint density at radius 2 is 2.04 bits per heavy atom. The first-order chi connectivity index (χ1) is 12.1. The number of esters is 1. The highest BCUT2D eigenvalue weighted by Crippen LogP contribution is 2.24. The van der Waals surface area contributed by atoms with Crippen molar-refractivity contribution in [2.75, 3.05) is 13.1 Å². The Balaban J connectivity index is 1.68. The van der Waals surface area contributed by atoms with Gasteiger partial charge in [0.2, 0.25) is 0 Å². The van der Waals surface area contributed by atoms with Crippen molar-refractivity contribution in [3.8, 4) is 0 Å². The van der Waals surface area contributed by atoms with Gasteiger partial charge >= 0.3 is 5.97 Å². The Hall–Kier alpha value is -2.08. The molecule has 0 spiro atoms. The SMILES string of the molecule is CC(=O)OC(CCCC1CCN(Cc2ccccc2)CC1)C(N)=NO. The van der Waals surface area contributed by atoms with Gasteiger partial charge < -0.3 is 15.7 Å². The van der Waals surface area contributed by atoms with Gasteiger partial charge in [0.15, 0.2) is 11.9 Å². The van der Waals surface area contributed by atoms with Gasteiger partial charge in [-0.3, -0.25) is 9.69 Å². The van der Waals surface area contributed by atoms with Crippen LogP contribution >= 0.6 is 0 Å². The molecule has 1 aromatic carbocycles. The molecule has 1 unspecified atom stereocenters. The van der Waals surface area contributed by atoms with E-state index in [4.69, 9.17) is 15.7 Å². The minimum absolute atomic E-state index is 0.0344. The van der Waals surface area contributed by atoms with Crippen molar-refractivity contribution >= 4 is 11.8 Å². The summed E-state index contributed by atoms with van der Waals surface area (Å²) in [4.78, 5) is 13.6. The summed E-state index contributed by atoms with van der Waals surface area (Å²) in [6.45, 7) is 4.59. The third kappa shape index (κ3) is 6.74. The van der Waals surface area contributed by atoms with E-state index in [0.717, 1.165) is 32.5 Å². The summed E-state index contributed by atoms with van der Waals surface area (Å²) in [7, 11) is 0. The maximum Gasteiger partial charge on any atom is 0.303 e. The van der Waals surface area contributed by atoms with Gasteiger partial charge in [-0.05, 0) is 50.3 Å². The average molecular weight is 347 g/mol. The predicted octanol–water partition coefficient (Wildman–Crippen LogP) is 2.75. The van der Waals surface area contributed by atoms with Crippen molar-refractivity contribution in [2.24, 2.45) is 16.8 Å². The summed E-state index contributed by atoms with van der Waals surface area (Å²) < 4.78 is 5.11. The zero-order valence-electron chi connectivity index (χ0n) is 14.9. The first kappa shape index (κ1) is 19.2. The highest BCUT2D eigenvalue weighted by Gasteiger charge is 2.21. The summed E-state index contributed by atoms with van der Waals surface area (Å²) in [5.74, 6) is 0.246. The molecule has 0 radical (unpaired) electrons. The number of amidine groups is 1. The number of hydrogen-bond acceptors (Lipinski definition) is 5. The van der Waals surface area contributed by atoms with E-state index in [1.54, 1.807) is 0 Å². The van der Waals surface area contributed by atoms with Crippen molar-refractivity contribution in [2.45, 2.75) is 51.7 Å². The number of carbonyl (C=O) groups is 1. The summed E-state index contributed by atoms with van der Waals surface area (Å²) in [5, 5.41) is 11.8. The molecule has 3 N–H and O–H groups in total. The zero-order valence-corrected chi connectivity index (χ0v) is 14.9. The quantitative estimate of drug-likeness (QED) is 0.248. The molecule has 1 heterocycles. The largest absolute Gasteiger partial charge is 0.454 e. The van der Waals surface area contributed by atoms with E-state index in [0.29, 0.717) is 12.3 Å². The fourth-order valence-electron chi connectivity index (χ4n) is 3.40. The molecule has 25 heavy (non-hydrogen) atoms. The summed E-state index contributed by atoms with van der Waals surface area (Å²) in [5.41, 5.74) is 6.96. The monoisotopic (exact) mass is 347 g/mol. The Kier molecular flexibility index (Phi) is 7.73. The van der Waals surface area contributed by atoms with Crippen LogP contribution in [0.2, 0.25) is 0 Å². The van der Waals surface area contributed by atoms with Crippen LogP contribution in [0.5, 0.6) is 0 Å². The molecule has 0 bridgehead atoms. The summed E-state index contributed by atoms with van der Waals surface area (Å²) in [6, 6.07) is 10.6. The lowest BCUT2D eigenvalue weighted by molar-refractivity contribution is -0.143. The van der Waals surface area contributed by atoms with Gasteiger partial charge in [-0.15, -0.1) is 0 Å². The Morgan fingerprint density at radius 3 is 2.64 bits per heavy atom. The Bertz CT molecular complexity index is 554. The molecular formula is C19H29N3O3. The fraction of sp³-hybridized carbons (Fsp3) is 0.579. The molecule has 2 rings (SSSR count). The maximum absolute atomic E-state index is 11.1. The normalized spacial score (nSPS) is 18.0. The number of ether oxygens (including phenoxy) is 1. The van der Waals surface area contributed by atoms with E-state index < -0.39 is 12.1 Å². The molecule has 1 saturated heterocycles. The molecule has 0 aliphatic carbocycles. The van der Waals surface area contributed by atoms with Crippen molar-refractivity contribution in [1.82, 2.24) is 4.90 Å². The molecule has 1 fully saturated rings. The number of nitrogens with zero attached hydrogens (tertiary/aromatic N) is 2. The second kappa shape index (κ2) is 10.0. The molecule has 1 aliphatic rings. The third-order valence-corrected chi connectivity index (χ3v) is 4.79.